The molecule has 0 heterocycles. The Morgan fingerprint density at radius 1 is 0.259 bits per heavy atom. The van der Waals surface area contributed by atoms with Gasteiger partial charge in [0.15, 0.2) is 0 Å². The zero-order valence-electron chi connectivity index (χ0n) is 57.5. The minimum atomic E-state index is -4.62. The van der Waals surface area contributed by atoms with E-state index in [2.05, 4.69) is 60.4 Å². The number of hydrogen-bond acceptors (Lipinski definition) is 8. The molecule has 0 aliphatic rings. The molecule has 0 fully saturated rings. The maximum Gasteiger partial charge on any atom is 2.00 e. The Morgan fingerprint density at radius 2 is 0.412 bits per heavy atom. The van der Waals surface area contributed by atoms with Gasteiger partial charge in [0.05, 0.1) is 13.2 Å². The Balaban J connectivity index is -0.00000156. The van der Waals surface area contributed by atoms with Gasteiger partial charge in [0.2, 0.25) is 20.8 Å². The van der Waals surface area contributed by atoms with Gasteiger partial charge in [0, 0.05) is 11.8 Å². The molecule has 8 nitrogen and oxygen atoms in total. The first-order valence-corrected chi connectivity index (χ1v) is 40.2. The molecule has 0 radical (unpaired) electrons. The van der Waals surface area contributed by atoms with E-state index in [1.807, 2.05) is 0 Å². The van der Waals surface area contributed by atoms with Gasteiger partial charge in [0.1, 0.15) is 0 Å². The van der Waals surface area contributed by atoms with Crippen LogP contribution in [-0.4, -0.2) is 76.9 Å². The molecule has 0 saturated carbocycles. The molecule has 2 atom stereocenters. The Morgan fingerprint density at radius 3 is 0.576 bits per heavy atom. The quantitative estimate of drug-likeness (QED) is 0.0193. The molecule has 2 unspecified atom stereocenters. The van der Waals surface area contributed by atoms with Crippen LogP contribution in [0.2, 0.25) is 0 Å². The van der Waals surface area contributed by atoms with Crippen molar-refractivity contribution in [2.45, 2.75) is 426 Å². The van der Waals surface area contributed by atoms with E-state index >= 15 is 0 Å². The predicted molar refractivity (Wildman–Crippen MR) is 371 cm³/mol. The molecule has 0 bridgehead atoms. The van der Waals surface area contributed by atoms with Crippen molar-refractivity contribution in [2.24, 2.45) is 11.8 Å². The van der Waals surface area contributed by atoms with E-state index in [0.29, 0.717) is 0 Å². The third kappa shape index (κ3) is 84.5. The van der Waals surface area contributed by atoms with E-state index in [4.69, 9.17) is 0 Å². The van der Waals surface area contributed by atoms with Crippen molar-refractivity contribution in [1.82, 2.24) is 0 Å². The van der Waals surface area contributed by atoms with Crippen molar-refractivity contribution in [3.8, 4) is 0 Å². The van der Waals surface area contributed by atoms with Crippen molar-refractivity contribution in [3.63, 3.8) is 0 Å². The molecule has 0 saturated heterocycles. The van der Waals surface area contributed by atoms with E-state index in [0.717, 1.165) is 38.5 Å². The van der Waals surface area contributed by atoms with E-state index in [9.17, 15) is 25.9 Å². The van der Waals surface area contributed by atoms with Crippen LogP contribution in [0, 0.1) is 11.8 Å². The molecule has 11 heteroatoms. The Labute approximate surface area is 563 Å². The maximum absolute atomic E-state index is 11.0. The number of allylic oxidation sites excluding steroid dienone is 2. The maximum atomic E-state index is 11.0. The molecule has 0 aliphatic heterocycles. The smallest absolute Gasteiger partial charge is 0.726 e. The summed E-state index contributed by atoms with van der Waals surface area (Å²) in [5.41, 5.74) is 0. The number of rotatable bonds is 70. The molecule has 0 N–H and O–H groups in total. The molecule has 0 aromatic rings. The summed E-state index contributed by atoms with van der Waals surface area (Å²) >= 11 is 0. The van der Waals surface area contributed by atoms with Crippen molar-refractivity contribution < 1.29 is 34.3 Å². The fourth-order valence-electron chi connectivity index (χ4n) is 11.9. The zero-order valence-corrected chi connectivity index (χ0v) is 61.3. The summed E-state index contributed by atoms with van der Waals surface area (Å²) in [5.74, 6) is 0.0330. The molecule has 0 aliphatic carbocycles. The zero-order chi connectivity index (χ0) is 61.7. The van der Waals surface area contributed by atoms with Crippen molar-refractivity contribution in [2.75, 3.05) is 13.2 Å². The number of hydrogen-bond donors (Lipinski definition) is 0. The normalized spacial score (nSPS) is 12.8. The van der Waals surface area contributed by atoms with Crippen molar-refractivity contribution in [3.05, 3.63) is 24.3 Å². The van der Waals surface area contributed by atoms with Gasteiger partial charge in [-0.25, -0.2) is 16.8 Å². The van der Waals surface area contributed by atoms with E-state index < -0.39 is 20.8 Å². The van der Waals surface area contributed by atoms with Gasteiger partial charge in [-0.3, -0.25) is 8.37 Å². The summed E-state index contributed by atoms with van der Waals surface area (Å²) in [6.07, 6.45) is 90.7. The number of unbranched alkanes of at least 4 members (excludes halogenated alkanes) is 56. The molecule has 0 aromatic carbocycles. The summed E-state index contributed by atoms with van der Waals surface area (Å²) < 4.78 is 74.9. The van der Waals surface area contributed by atoms with Crippen LogP contribution in [-0.2, 0) is 29.2 Å². The SMILES string of the molecule is CCCCCCCCCCCCCCCCCCCC/C=C/C(CCCCCCCCCCCCC)COS(=O)(=O)[O-].CCCCCCCCCCCCCCCCCCCC/C=C/C(CCCCCCCCCCCCC)COS(=O)(=O)[O-].[Ca+2]. The van der Waals surface area contributed by atoms with Gasteiger partial charge < -0.3 is 9.11 Å². The monoisotopic (exact) mass is 1270 g/mol. The minimum Gasteiger partial charge on any atom is -0.726 e. The Hall–Kier alpha value is 0.480. The first-order chi connectivity index (χ1) is 41.0. The molecule has 0 spiro atoms. The van der Waals surface area contributed by atoms with Gasteiger partial charge >= 0.3 is 37.7 Å². The summed E-state index contributed by atoms with van der Waals surface area (Å²) in [6, 6.07) is 0. The fraction of sp³-hybridized carbons (Fsp3) is 0.946. The molecular weight excluding hydrogens is 1120 g/mol. The van der Waals surface area contributed by atoms with Crippen molar-refractivity contribution in [1.29, 1.82) is 0 Å². The second-order valence-electron chi connectivity index (χ2n) is 26.0. The minimum absolute atomic E-state index is 0. The van der Waals surface area contributed by atoms with Crippen LogP contribution in [0.25, 0.3) is 0 Å². The third-order valence-electron chi connectivity index (χ3n) is 17.5. The van der Waals surface area contributed by atoms with E-state index in [-0.39, 0.29) is 62.8 Å². The second-order valence-corrected chi connectivity index (χ2v) is 28.1. The fourth-order valence-corrected chi connectivity index (χ4v) is 12.5. The topological polar surface area (TPSA) is 133 Å². The van der Waals surface area contributed by atoms with Crippen LogP contribution < -0.4 is 0 Å². The molecular formula is C74H146CaO8S2. The third-order valence-corrected chi connectivity index (χ3v) is 18.3. The Kier molecular flexibility index (Phi) is 79.3. The summed E-state index contributed by atoms with van der Waals surface area (Å²) in [5, 5.41) is 0. The summed E-state index contributed by atoms with van der Waals surface area (Å²) in [6.45, 7) is 9.06. The van der Waals surface area contributed by atoms with Crippen LogP contribution in [0.5, 0.6) is 0 Å². The average Bonchev–Trinajstić information content (AvgIpc) is 3.49. The first-order valence-electron chi connectivity index (χ1n) is 37.5. The predicted octanol–water partition coefficient (Wildman–Crippen LogP) is 25.2. The molecule has 0 aromatic heterocycles. The molecule has 85 heavy (non-hydrogen) atoms. The molecule has 504 valence electrons. The largest absolute Gasteiger partial charge is 2.00 e. The van der Waals surface area contributed by atoms with Gasteiger partial charge in [-0.15, -0.1) is 0 Å². The van der Waals surface area contributed by atoms with Crippen molar-refractivity contribution >= 4 is 58.5 Å². The van der Waals surface area contributed by atoms with E-state index in [1.165, 1.54) is 360 Å². The van der Waals surface area contributed by atoms with E-state index in [1.54, 1.807) is 0 Å². The van der Waals surface area contributed by atoms with Gasteiger partial charge in [-0.1, -0.05) is 412 Å². The van der Waals surface area contributed by atoms with Gasteiger partial charge in [-0.2, -0.15) is 0 Å². The van der Waals surface area contributed by atoms with Crippen LogP contribution >= 0.6 is 0 Å². The second kappa shape index (κ2) is 75.2. The van der Waals surface area contributed by atoms with Gasteiger partial charge in [-0.05, 0) is 38.5 Å². The van der Waals surface area contributed by atoms with Crippen LogP contribution in [0.4, 0.5) is 0 Å². The van der Waals surface area contributed by atoms with Gasteiger partial charge in [0.25, 0.3) is 0 Å². The molecule has 0 rings (SSSR count). The standard InChI is InChI=1S/2C37H74O4S.Ca/c2*1-3-5-7-9-11-13-15-16-17-18-19-20-21-22-23-25-27-29-31-33-35-37(36-41-42(38,39)40)34-32-30-28-26-24-14-12-10-8-6-4-2;/h2*33,35,37H,3-32,34,36H2,1-2H3,(H,38,39,40);/q;;+2/p-2/b2*35-33+;. The van der Waals surface area contributed by atoms with Crippen LogP contribution in [0.15, 0.2) is 24.3 Å². The molecule has 0 amide bonds. The average molecular weight is 1270 g/mol. The summed E-state index contributed by atoms with van der Waals surface area (Å²) in [4.78, 5) is 0. The van der Waals surface area contributed by atoms with Crippen LogP contribution in [0.1, 0.15) is 426 Å². The van der Waals surface area contributed by atoms with Crippen LogP contribution in [0.3, 0.4) is 0 Å². The summed E-state index contributed by atoms with van der Waals surface area (Å²) in [7, 11) is -9.24. The first kappa shape index (κ1) is 89.7. The Bertz CT molecular complexity index is 1410.